The van der Waals surface area contributed by atoms with Gasteiger partial charge in [-0.25, -0.2) is 0 Å². The van der Waals surface area contributed by atoms with E-state index in [0.717, 1.165) is 18.4 Å². The van der Waals surface area contributed by atoms with Crippen molar-refractivity contribution in [1.29, 1.82) is 0 Å². The Morgan fingerprint density at radius 1 is 0.762 bits per heavy atom. The molecular formula is C33H57N5O4. The van der Waals surface area contributed by atoms with Crippen LogP contribution in [0.4, 0.5) is 0 Å². The molecule has 3 atom stereocenters. The molecule has 4 amide bonds. The third kappa shape index (κ3) is 12.9. The maximum absolute atomic E-state index is 13.4. The molecule has 42 heavy (non-hydrogen) atoms. The summed E-state index contributed by atoms with van der Waals surface area (Å²) in [6.45, 7) is 22.0. The van der Waals surface area contributed by atoms with E-state index in [9.17, 15) is 19.2 Å². The molecule has 1 aromatic rings. The van der Waals surface area contributed by atoms with Gasteiger partial charge in [-0.15, -0.1) is 0 Å². The number of nitrogens with one attached hydrogen (secondary N) is 4. The van der Waals surface area contributed by atoms with E-state index >= 15 is 0 Å². The van der Waals surface area contributed by atoms with Crippen molar-refractivity contribution in [1.82, 2.24) is 26.2 Å². The Bertz CT molecular complexity index is 1020. The second kappa shape index (κ2) is 18.6. The minimum atomic E-state index is -0.629. The standard InChI is InChI=1S/C33H57N5O4/c1-11-13-38(14-12-2)33(42)27-17-24(9)16-26(18-27)31(40)36-28(15-21(3)4)20-34-25(10)30(39)37-29(23(7)8)32(41)35-19-22(5)6/h16-18,21-23,25,28-29,34H,11-15,19-20H2,1-10H3,(H,35,41)(H,36,40)(H,37,39)/t25-,28-,29-/m0/s1. The van der Waals surface area contributed by atoms with Gasteiger partial charge in [-0.3, -0.25) is 19.2 Å². The van der Waals surface area contributed by atoms with Crippen LogP contribution < -0.4 is 21.3 Å². The molecule has 0 aliphatic carbocycles. The molecule has 9 heteroatoms. The van der Waals surface area contributed by atoms with E-state index in [1.165, 1.54) is 0 Å². The zero-order valence-electron chi connectivity index (χ0n) is 27.7. The molecule has 0 heterocycles. The minimum absolute atomic E-state index is 0.0609. The molecule has 1 rings (SSSR count). The predicted molar refractivity (Wildman–Crippen MR) is 170 cm³/mol. The van der Waals surface area contributed by atoms with Gasteiger partial charge in [0.1, 0.15) is 6.04 Å². The van der Waals surface area contributed by atoms with Crippen LogP contribution in [0.3, 0.4) is 0 Å². The van der Waals surface area contributed by atoms with Gasteiger partial charge in [-0.2, -0.15) is 0 Å². The van der Waals surface area contributed by atoms with Crippen LogP contribution in [0.2, 0.25) is 0 Å². The fourth-order valence-electron chi connectivity index (χ4n) is 4.75. The van der Waals surface area contributed by atoms with Gasteiger partial charge in [0.05, 0.1) is 6.04 Å². The van der Waals surface area contributed by atoms with Crippen molar-refractivity contribution in [3.05, 3.63) is 34.9 Å². The number of benzene rings is 1. The molecule has 1 aromatic carbocycles. The first-order chi connectivity index (χ1) is 19.7. The van der Waals surface area contributed by atoms with Crippen LogP contribution in [-0.2, 0) is 9.59 Å². The van der Waals surface area contributed by atoms with Crippen LogP contribution in [0.15, 0.2) is 18.2 Å². The van der Waals surface area contributed by atoms with Crippen LogP contribution in [0.5, 0.6) is 0 Å². The second-order valence-corrected chi connectivity index (χ2v) is 12.7. The minimum Gasteiger partial charge on any atom is -0.354 e. The van der Waals surface area contributed by atoms with Gasteiger partial charge in [-0.05, 0) is 74.6 Å². The third-order valence-electron chi connectivity index (χ3n) is 6.95. The molecule has 238 valence electrons. The van der Waals surface area contributed by atoms with Crippen LogP contribution in [0.1, 0.15) is 108 Å². The normalized spacial score (nSPS) is 13.5. The zero-order valence-corrected chi connectivity index (χ0v) is 27.7. The lowest BCUT2D eigenvalue weighted by Crippen LogP contribution is -2.55. The van der Waals surface area contributed by atoms with E-state index in [0.29, 0.717) is 55.6 Å². The molecule has 0 saturated carbocycles. The Morgan fingerprint density at radius 2 is 1.36 bits per heavy atom. The summed E-state index contributed by atoms with van der Waals surface area (Å²) in [6, 6.07) is 3.87. The van der Waals surface area contributed by atoms with Gasteiger partial charge in [0.2, 0.25) is 11.8 Å². The lowest BCUT2D eigenvalue weighted by Gasteiger charge is -2.26. The van der Waals surface area contributed by atoms with Gasteiger partial charge < -0.3 is 26.2 Å². The first kappa shape index (κ1) is 37.1. The Kier molecular flexibility index (Phi) is 16.4. The monoisotopic (exact) mass is 587 g/mol. The van der Waals surface area contributed by atoms with E-state index < -0.39 is 12.1 Å². The number of hydrogen-bond donors (Lipinski definition) is 4. The van der Waals surface area contributed by atoms with Gasteiger partial charge in [0, 0.05) is 43.3 Å². The Morgan fingerprint density at radius 3 is 1.88 bits per heavy atom. The van der Waals surface area contributed by atoms with Crippen molar-refractivity contribution in [2.24, 2.45) is 17.8 Å². The molecule has 0 radical (unpaired) electrons. The van der Waals surface area contributed by atoms with Crippen LogP contribution in [0.25, 0.3) is 0 Å². The molecule has 0 bridgehead atoms. The van der Waals surface area contributed by atoms with Gasteiger partial charge in [0.15, 0.2) is 0 Å². The summed E-state index contributed by atoms with van der Waals surface area (Å²) in [5.74, 6) is -0.215. The number of rotatable bonds is 18. The molecule has 4 N–H and O–H groups in total. The molecule has 0 unspecified atom stereocenters. The van der Waals surface area contributed by atoms with E-state index in [4.69, 9.17) is 0 Å². The molecule has 0 fully saturated rings. The number of nitrogens with zero attached hydrogens (tertiary/aromatic N) is 1. The lowest BCUT2D eigenvalue weighted by atomic mass is 10.0. The van der Waals surface area contributed by atoms with Crippen molar-refractivity contribution < 1.29 is 19.2 Å². The molecule has 0 aromatic heterocycles. The van der Waals surface area contributed by atoms with Gasteiger partial charge in [0.25, 0.3) is 11.8 Å². The highest BCUT2D eigenvalue weighted by Gasteiger charge is 2.27. The first-order valence-corrected chi connectivity index (χ1v) is 15.7. The average molecular weight is 588 g/mol. The number of carbonyl (C=O) groups excluding carboxylic acids is 4. The topological polar surface area (TPSA) is 120 Å². The van der Waals surface area contributed by atoms with Crippen molar-refractivity contribution in [3.8, 4) is 0 Å². The predicted octanol–water partition coefficient (Wildman–Crippen LogP) is 4.29. The molecule has 9 nitrogen and oxygen atoms in total. The third-order valence-corrected chi connectivity index (χ3v) is 6.95. The van der Waals surface area contributed by atoms with Crippen LogP contribution in [0, 0.1) is 24.7 Å². The highest BCUT2D eigenvalue weighted by atomic mass is 16.2. The summed E-state index contributed by atoms with van der Waals surface area (Å²) in [6.07, 6.45) is 2.45. The van der Waals surface area contributed by atoms with E-state index in [2.05, 4.69) is 35.1 Å². The van der Waals surface area contributed by atoms with Crippen molar-refractivity contribution >= 4 is 23.6 Å². The highest BCUT2D eigenvalue weighted by Crippen LogP contribution is 2.15. The van der Waals surface area contributed by atoms with Crippen molar-refractivity contribution in [2.75, 3.05) is 26.2 Å². The highest BCUT2D eigenvalue weighted by molar-refractivity contribution is 6.00. The van der Waals surface area contributed by atoms with Crippen LogP contribution in [-0.4, -0.2) is 72.8 Å². The smallest absolute Gasteiger partial charge is 0.253 e. The second-order valence-electron chi connectivity index (χ2n) is 12.7. The Balaban J connectivity index is 2.95. The Labute approximate surface area is 254 Å². The zero-order chi connectivity index (χ0) is 32.0. The maximum atomic E-state index is 13.4. The molecular weight excluding hydrogens is 530 g/mol. The summed E-state index contributed by atoms with van der Waals surface area (Å²) in [5.41, 5.74) is 1.81. The first-order valence-electron chi connectivity index (χ1n) is 15.7. The summed E-state index contributed by atoms with van der Waals surface area (Å²) in [7, 11) is 0. The van der Waals surface area contributed by atoms with E-state index in [1.807, 2.05) is 59.4 Å². The molecule has 0 spiro atoms. The fraction of sp³-hybridized carbons (Fsp3) is 0.697. The average Bonchev–Trinajstić information content (AvgIpc) is 2.91. The SMILES string of the molecule is CCCN(CCC)C(=O)c1cc(C)cc(C(=O)N[C@H](CN[C@@H](C)C(=O)N[C@H](C(=O)NCC(C)C)C(C)C)CC(C)C)c1. The quantitative estimate of drug-likeness (QED) is 0.204. The molecule has 0 aliphatic rings. The number of carbonyl (C=O) groups is 4. The molecule has 0 aliphatic heterocycles. The lowest BCUT2D eigenvalue weighted by molar-refractivity contribution is -0.131. The molecule has 0 saturated heterocycles. The number of hydrogen-bond acceptors (Lipinski definition) is 5. The van der Waals surface area contributed by atoms with Crippen molar-refractivity contribution in [2.45, 2.75) is 107 Å². The summed E-state index contributed by atoms with van der Waals surface area (Å²) in [5, 5.41) is 12.1. The summed E-state index contributed by atoms with van der Waals surface area (Å²) < 4.78 is 0. The Hall–Kier alpha value is -2.94. The van der Waals surface area contributed by atoms with Gasteiger partial charge >= 0.3 is 0 Å². The van der Waals surface area contributed by atoms with Crippen LogP contribution >= 0.6 is 0 Å². The van der Waals surface area contributed by atoms with Crippen molar-refractivity contribution in [3.63, 3.8) is 0 Å². The largest absolute Gasteiger partial charge is 0.354 e. The number of amides is 4. The van der Waals surface area contributed by atoms with E-state index in [-0.39, 0.29) is 35.6 Å². The van der Waals surface area contributed by atoms with Gasteiger partial charge in [-0.1, -0.05) is 55.4 Å². The van der Waals surface area contributed by atoms with E-state index in [1.54, 1.807) is 19.1 Å². The maximum Gasteiger partial charge on any atom is 0.253 e. The summed E-state index contributed by atoms with van der Waals surface area (Å²) >= 11 is 0. The summed E-state index contributed by atoms with van der Waals surface area (Å²) in [4.78, 5) is 54.1. The number of aryl methyl sites for hydroxylation is 1. The fourth-order valence-corrected chi connectivity index (χ4v) is 4.75.